The van der Waals surface area contributed by atoms with Crippen molar-refractivity contribution in [2.45, 2.75) is 10.8 Å². The molecule has 5 rings (SSSR count). The smallest absolute Gasteiger partial charge is 0.257 e. The minimum Gasteiger partial charge on any atom is -0.484 e. The van der Waals surface area contributed by atoms with Gasteiger partial charge in [0.2, 0.25) is 5.91 Å². The van der Waals surface area contributed by atoms with E-state index in [2.05, 4.69) is 9.29 Å². The molecular weight excluding hydrogens is 402 g/mol. The molecule has 1 amide bonds. The van der Waals surface area contributed by atoms with Crippen molar-refractivity contribution >= 4 is 17.9 Å². The summed E-state index contributed by atoms with van der Waals surface area (Å²) in [6.45, 7) is 3.79. The molecule has 2 aromatic rings. The molecule has 0 bridgehead atoms. The normalized spacial score (nSPS) is 19.2. The molecule has 0 aliphatic carbocycles. The van der Waals surface area contributed by atoms with E-state index in [0.29, 0.717) is 37.9 Å². The number of pyridine rings is 1. The maximum atomic E-state index is 13.0. The maximum absolute atomic E-state index is 13.0. The number of nitrogens with zero attached hydrogens (tertiary/aromatic N) is 3. The van der Waals surface area contributed by atoms with Crippen molar-refractivity contribution in [1.29, 1.82) is 0 Å². The number of fused-ring (bicyclic) bond motifs is 1. The largest absolute Gasteiger partial charge is 0.484 e. The number of carbonyl (C=O) groups excluding carboxylic acids is 1. The third kappa shape index (κ3) is 3.78. The van der Waals surface area contributed by atoms with Crippen molar-refractivity contribution in [2.75, 3.05) is 46.0 Å². The van der Waals surface area contributed by atoms with E-state index in [9.17, 15) is 9.90 Å². The van der Waals surface area contributed by atoms with Crippen LogP contribution in [0.1, 0.15) is 11.5 Å². The van der Waals surface area contributed by atoms with Crippen molar-refractivity contribution in [3.8, 4) is 11.6 Å². The predicted octanol–water partition coefficient (Wildman–Crippen LogP) is 2.09. The Balaban J connectivity index is 1.19. The molecule has 8 heteroatoms. The number of amides is 1. The Hall–Kier alpha value is -2.55. The van der Waals surface area contributed by atoms with Gasteiger partial charge in [-0.1, -0.05) is 30.3 Å². The highest BCUT2D eigenvalue weighted by Gasteiger charge is 2.35. The molecule has 1 atom stereocenters. The molecule has 0 spiro atoms. The van der Waals surface area contributed by atoms with E-state index < -0.39 is 5.92 Å². The molecule has 3 aliphatic heterocycles. The van der Waals surface area contributed by atoms with Crippen molar-refractivity contribution in [3.63, 3.8) is 0 Å². The first-order valence-electron chi connectivity index (χ1n) is 10.0. The van der Waals surface area contributed by atoms with Gasteiger partial charge in [-0.2, -0.15) is 0 Å². The van der Waals surface area contributed by atoms with Gasteiger partial charge in [-0.3, -0.25) is 4.79 Å². The third-order valence-electron chi connectivity index (χ3n) is 5.60. The number of carbonyl (C=O) groups is 1. The fourth-order valence-corrected chi connectivity index (χ4v) is 5.11. The maximum Gasteiger partial charge on any atom is 0.257 e. The number of aliphatic hydroxyl groups excluding tert-OH is 1. The van der Waals surface area contributed by atoms with E-state index in [4.69, 9.17) is 9.47 Å². The average molecular weight is 426 g/mol. The molecule has 1 N–H and O–H groups in total. The Morgan fingerprint density at radius 2 is 1.83 bits per heavy atom. The first-order chi connectivity index (χ1) is 14.7. The molecule has 156 valence electrons. The summed E-state index contributed by atoms with van der Waals surface area (Å²) in [6, 6.07) is 11.5. The number of hydrogen-bond donors (Lipinski definition) is 1. The molecule has 3 aliphatic rings. The minimum absolute atomic E-state index is 0.00617. The van der Waals surface area contributed by atoms with Crippen molar-refractivity contribution < 1.29 is 19.4 Å². The molecular formula is C22H23N3O4S. The lowest BCUT2D eigenvalue weighted by molar-refractivity contribution is -0.132. The molecule has 4 heterocycles. The summed E-state index contributed by atoms with van der Waals surface area (Å²) < 4.78 is 13.4. The molecule has 30 heavy (non-hydrogen) atoms. The van der Waals surface area contributed by atoms with Crippen LogP contribution in [0.15, 0.2) is 58.6 Å². The van der Waals surface area contributed by atoms with Crippen molar-refractivity contribution in [3.05, 3.63) is 59.3 Å². The molecule has 0 saturated heterocycles. The van der Waals surface area contributed by atoms with Crippen LogP contribution in [0.2, 0.25) is 0 Å². The molecule has 0 fully saturated rings. The minimum atomic E-state index is -0.500. The number of aromatic nitrogens is 1. The van der Waals surface area contributed by atoms with Crippen LogP contribution in [-0.4, -0.2) is 71.2 Å². The zero-order valence-corrected chi connectivity index (χ0v) is 17.3. The summed E-state index contributed by atoms with van der Waals surface area (Å²) in [7, 11) is 0. The first-order valence-corrected chi connectivity index (χ1v) is 10.8. The summed E-state index contributed by atoms with van der Waals surface area (Å²) in [6.07, 6.45) is 1.81. The standard InChI is InChI=1S/C22H23N3O4S/c26-14-19(15-4-2-1-3-5-15)22(27)24-10-16-12-25(13-17(16)11-24)30-18-8-20-21(23-9-18)29-7-6-28-20/h1-5,8-9,19,26H,6-7,10-14H2/t19-/m0/s1. The topological polar surface area (TPSA) is 75.1 Å². The summed E-state index contributed by atoms with van der Waals surface area (Å²) in [5, 5.41) is 9.81. The second-order valence-corrected chi connectivity index (χ2v) is 8.78. The van der Waals surface area contributed by atoms with Crippen molar-refractivity contribution in [2.24, 2.45) is 0 Å². The van der Waals surface area contributed by atoms with Crippen LogP contribution >= 0.6 is 11.9 Å². The van der Waals surface area contributed by atoms with E-state index in [1.54, 1.807) is 11.9 Å². The van der Waals surface area contributed by atoms with Gasteiger partial charge in [0.05, 0.1) is 12.5 Å². The number of benzene rings is 1. The van der Waals surface area contributed by atoms with Gasteiger partial charge in [-0.25, -0.2) is 9.29 Å². The van der Waals surface area contributed by atoms with E-state index >= 15 is 0 Å². The van der Waals surface area contributed by atoms with E-state index in [0.717, 1.165) is 23.5 Å². The Bertz CT molecular complexity index is 964. The molecule has 7 nitrogen and oxygen atoms in total. The van der Waals surface area contributed by atoms with Gasteiger partial charge >= 0.3 is 0 Å². The molecule has 1 aromatic heterocycles. The number of ether oxygens (including phenoxy) is 2. The third-order valence-corrected chi connectivity index (χ3v) is 6.55. The number of rotatable bonds is 5. The van der Waals surface area contributed by atoms with E-state index in [1.165, 1.54) is 11.1 Å². The lowest BCUT2D eigenvalue weighted by atomic mass is 9.98. The van der Waals surface area contributed by atoms with E-state index in [-0.39, 0.29) is 12.5 Å². The second-order valence-electron chi connectivity index (χ2n) is 7.61. The molecule has 0 radical (unpaired) electrons. The predicted molar refractivity (Wildman–Crippen MR) is 113 cm³/mol. The summed E-state index contributed by atoms with van der Waals surface area (Å²) >= 11 is 1.65. The van der Waals surface area contributed by atoms with Crippen LogP contribution in [-0.2, 0) is 4.79 Å². The summed E-state index contributed by atoms with van der Waals surface area (Å²) in [5.74, 6) is 0.742. The lowest BCUT2D eigenvalue weighted by Crippen LogP contribution is -2.37. The van der Waals surface area contributed by atoms with Crippen LogP contribution in [0.3, 0.4) is 0 Å². The van der Waals surface area contributed by atoms with Gasteiger partial charge < -0.3 is 19.5 Å². The molecule has 1 aromatic carbocycles. The quantitative estimate of drug-likeness (QED) is 0.581. The van der Waals surface area contributed by atoms with Crippen LogP contribution in [0.25, 0.3) is 0 Å². The fourth-order valence-electron chi connectivity index (χ4n) is 4.11. The van der Waals surface area contributed by atoms with E-state index in [1.807, 2.05) is 47.5 Å². The monoisotopic (exact) mass is 425 g/mol. The van der Waals surface area contributed by atoms with Gasteiger partial charge in [0.1, 0.15) is 13.2 Å². The fraction of sp³-hybridized carbons (Fsp3) is 0.364. The molecule has 0 unspecified atom stereocenters. The van der Waals surface area contributed by atoms with Crippen molar-refractivity contribution in [1.82, 2.24) is 14.2 Å². The zero-order valence-electron chi connectivity index (χ0n) is 16.5. The number of aliphatic hydroxyl groups is 1. The zero-order chi connectivity index (χ0) is 20.5. The van der Waals surface area contributed by atoms with Gasteiger partial charge in [0, 0.05) is 43.3 Å². The highest BCUT2D eigenvalue weighted by Crippen LogP contribution is 2.37. The summed E-state index contributed by atoms with van der Waals surface area (Å²) in [4.78, 5) is 20.2. The first kappa shape index (κ1) is 19.4. The van der Waals surface area contributed by atoms with Gasteiger partial charge in [-0.15, -0.1) is 0 Å². The summed E-state index contributed by atoms with van der Waals surface area (Å²) in [5.41, 5.74) is 3.46. The SMILES string of the molecule is O=C([C@@H](CO)c1ccccc1)N1CC2=C(CN(Sc3cnc4c(c3)OCCO4)C2)C1. The van der Waals surface area contributed by atoms with Crippen LogP contribution in [0.5, 0.6) is 11.6 Å². The van der Waals surface area contributed by atoms with Gasteiger partial charge in [-0.05, 0) is 28.7 Å². The highest BCUT2D eigenvalue weighted by atomic mass is 32.2. The van der Waals surface area contributed by atoms with Gasteiger partial charge in [0.15, 0.2) is 5.75 Å². The molecule has 0 saturated carbocycles. The van der Waals surface area contributed by atoms with Crippen LogP contribution in [0.4, 0.5) is 0 Å². The Morgan fingerprint density at radius 1 is 1.10 bits per heavy atom. The Labute approximate surface area is 179 Å². The Morgan fingerprint density at radius 3 is 2.57 bits per heavy atom. The van der Waals surface area contributed by atoms with Crippen LogP contribution in [0, 0.1) is 0 Å². The lowest BCUT2D eigenvalue weighted by Gasteiger charge is -2.25. The number of hydrogen-bond acceptors (Lipinski definition) is 7. The average Bonchev–Trinajstić information content (AvgIpc) is 3.33. The highest BCUT2D eigenvalue weighted by molar-refractivity contribution is 7.97. The second kappa shape index (κ2) is 8.29. The Kier molecular flexibility index (Phi) is 5.37. The van der Waals surface area contributed by atoms with Gasteiger partial charge in [0.25, 0.3) is 5.88 Å². The van der Waals surface area contributed by atoms with Crippen LogP contribution < -0.4 is 9.47 Å².